The van der Waals surface area contributed by atoms with Crippen LogP contribution >= 0.6 is 0 Å². The van der Waals surface area contributed by atoms with Crippen molar-refractivity contribution in [1.29, 1.82) is 0 Å². The number of benzene rings is 1. The molecule has 0 amide bonds. The highest BCUT2D eigenvalue weighted by molar-refractivity contribution is 7.91. The lowest BCUT2D eigenvalue weighted by Gasteiger charge is -2.31. The first-order valence-corrected chi connectivity index (χ1v) is 9.55. The van der Waals surface area contributed by atoms with Gasteiger partial charge in [0.2, 0.25) is 9.84 Å². The van der Waals surface area contributed by atoms with Crippen molar-refractivity contribution in [1.82, 2.24) is 0 Å². The molecule has 1 fully saturated rings. The van der Waals surface area contributed by atoms with Crippen LogP contribution in [0.4, 0.5) is 20.2 Å². The maximum Gasteiger partial charge on any atom is 0.341 e. The zero-order chi connectivity index (χ0) is 19.0. The number of anilines is 1. The third-order valence-electron chi connectivity index (χ3n) is 4.24. The molecule has 2 rings (SSSR count). The SMILES string of the molecule is CC(C)(C)CC1CCCN1c1ccc(S(=O)(=O)C(F)F)cc1[N+](=O)[O-]. The molecule has 1 aromatic carbocycles. The van der Waals surface area contributed by atoms with E-state index in [1.54, 1.807) is 0 Å². The van der Waals surface area contributed by atoms with E-state index in [0.29, 0.717) is 6.54 Å². The van der Waals surface area contributed by atoms with E-state index >= 15 is 0 Å². The summed E-state index contributed by atoms with van der Waals surface area (Å²) in [5, 5.41) is 11.4. The van der Waals surface area contributed by atoms with Crippen LogP contribution in [-0.4, -0.2) is 31.7 Å². The fourth-order valence-corrected chi connectivity index (χ4v) is 3.98. The van der Waals surface area contributed by atoms with E-state index in [-0.39, 0.29) is 17.1 Å². The van der Waals surface area contributed by atoms with E-state index in [4.69, 9.17) is 0 Å². The lowest BCUT2D eigenvalue weighted by Crippen LogP contribution is -2.33. The van der Waals surface area contributed by atoms with Gasteiger partial charge in [-0.1, -0.05) is 20.8 Å². The summed E-state index contributed by atoms with van der Waals surface area (Å²) < 4.78 is 48.6. The van der Waals surface area contributed by atoms with Gasteiger partial charge in [-0.25, -0.2) is 8.42 Å². The van der Waals surface area contributed by atoms with Crippen LogP contribution in [0.15, 0.2) is 23.1 Å². The molecule has 1 unspecified atom stereocenters. The number of alkyl halides is 2. The summed E-state index contributed by atoms with van der Waals surface area (Å²) in [6.07, 6.45) is 2.57. The molecule has 9 heteroatoms. The standard InChI is InChI=1S/C16H22F2N2O4S/c1-16(2,3)10-11-5-4-8-19(11)13-7-6-12(9-14(13)20(21)22)25(23,24)15(17)18/h6-7,9,11,15H,4-5,8,10H2,1-3H3. The zero-order valence-corrected chi connectivity index (χ0v) is 15.2. The van der Waals surface area contributed by atoms with Crippen molar-refractivity contribution in [2.75, 3.05) is 11.4 Å². The molecule has 0 saturated carbocycles. The van der Waals surface area contributed by atoms with E-state index < -0.39 is 31.1 Å². The van der Waals surface area contributed by atoms with Gasteiger partial charge in [-0.2, -0.15) is 8.78 Å². The average Bonchev–Trinajstić information content (AvgIpc) is 2.92. The molecule has 1 heterocycles. The molecule has 1 saturated heterocycles. The molecule has 1 aliphatic rings. The van der Waals surface area contributed by atoms with Crippen molar-refractivity contribution < 1.29 is 22.1 Å². The van der Waals surface area contributed by atoms with Crippen LogP contribution in [0.25, 0.3) is 0 Å². The summed E-state index contributed by atoms with van der Waals surface area (Å²) in [5.74, 6) is -3.61. The molecule has 1 aromatic rings. The summed E-state index contributed by atoms with van der Waals surface area (Å²) in [6, 6.07) is 3.13. The van der Waals surface area contributed by atoms with Gasteiger partial charge in [-0.3, -0.25) is 10.1 Å². The highest BCUT2D eigenvalue weighted by Crippen LogP contribution is 2.39. The van der Waals surface area contributed by atoms with Crippen LogP contribution in [0, 0.1) is 15.5 Å². The molecule has 0 aromatic heterocycles. The lowest BCUT2D eigenvalue weighted by molar-refractivity contribution is -0.384. The second kappa shape index (κ2) is 6.86. The van der Waals surface area contributed by atoms with Gasteiger partial charge in [0.1, 0.15) is 5.69 Å². The van der Waals surface area contributed by atoms with Crippen molar-refractivity contribution in [3.8, 4) is 0 Å². The molecule has 0 bridgehead atoms. The number of sulfone groups is 1. The third-order valence-corrected chi connectivity index (χ3v) is 5.62. The number of nitrogens with zero attached hydrogens (tertiary/aromatic N) is 2. The van der Waals surface area contributed by atoms with Crippen molar-refractivity contribution in [3.05, 3.63) is 28.3 Å². The summed E-state index contributed by atoms with van der Waals surface area (Å²) in [4.78, 5) is 11.9. The Labute approximate surface area is 145 Å². The van der Waals surface area contributed by atoms with Crippen molar-refractivity contribution in [3.63, 3.8) is 0 Å². The van der Waals surface area contributed by atoms with Gasteiger partial charge >= 0.3 is 5.76 Å². The smallest absolute Gasteiger partial charge is 0.341 e. The average molecular weight is 376 g/mol. The quantitative estimate of drug-likeness (QED) is 0.573. The predicted octanol–water partition coefficient (Wildman–Crippen LogP) is 4.00. The van der Waals surface area contributed by atoms with Crippen LogP contribution in [0.1, 0.15) is 40.0 Å². The molecule has 0 aliphatic carbocycles. The number of nitro groups is 1. The van der Waals surface area contributed by atoms with Gasteiger partial charge in [0, 0.05) is 18.7 Å². The van der Waals surface area contributed by atoms with Gasteiger partial charge < -0.3 is 4.90 Å². The first-order chi connectivity index (χ1) is 11.4. The minimum absolute atomic E-state index is 0.0288. The highest BCUT2D eigenvalue weighted by Gasteiger charge is 2.34. The Morgan fingerprint density at radius 3 is 2.52 bits per heavy atom. The Kier molecular flexibility index (Phi) is 5.36. The van der Waals surface area contributed by atoms with Crippen LogP contribution in [0.2, 0.25) is 0 Å². The monoisotopic (exact) mass is 376 g/mol. The second-order valence-electron chi connectivity index (χ2n) is 7.47. The molecule has 1 aliphatic heterocycles. The van der Waals surface area contributed by atoms with Gasteiger partial charge in [0.05, 0.1) is 9.82 Å². The molecule has 140 valence electrons. The Balaban J connectivity index is 2.46. The van der Waals surface area contributed by atoms with Crippen molar-refractivity contribution in [2.45, 2.75) is 56.7 Å². The summed E-state index contributed by atoms with van der Waals surface area (Å²) in [7, 11) is -4.87. The number of rotatable bonds is 5. The fraction of sp³-hybridized carbons (Fsp3) is 0.625. The topological polar surface area (TPSA) is 80.5 Å². The van der Waals surface area contributed by atoms with Gasteiger partial charge in [-0.05, 0) is 36.8 Å². The maximum atomic E-state index is 12.7. The molecule has 1 atom stereocenters. The maximum absolute atomic E-state index is 12.7. The van der Waals surface area contributed by atoms with E-state index in [1.165, 1.54) is 6.07 Å². The molecule has 0 radical (unpaired) electrons. The summed E-state index contributed by atoms with van der Waals surface area (Å²) in [6.45, 7) is 6.85. The normalized spacial score (nSPS) is 18.8. The molecule has 0 N–H and O–H groups in total. The molecular formula is C16H22F2N2O4S. The van der Waals surface area contributed by atoms with Crippen LogP contribution in [0.3, 0.4) is 0 Å². The highest BCUT2D eigenvalue weighted by atomic mass is 32.2. The van der Waals surface area contributed by atoms with Crippen LogP contribution < -0.4 is 4.90 Å². The Morgan fingerprint density at radius 1 is 1.36 bits per heavy atom. The van der Waals surface area contributed by atoms with Crippen LogP contribution in [0.5, 0.6) is 0 Å². The number of hydrogen-bond acceptors (Lipinski definition) is 5. The minimum atomic E-state index is -4.87. The zero-order valence-electron chi connectivity index (χ0n) is 14.4. The summed E-state index contributed by atoms with van der Waals surface area (Å²) >= 11 is 0. The van der Waals surface area contributed by atoms with E-state index in [2.05, 4.69) is 20.8 Å². The van der Waals surface area contributed by atoms with E-state index in [9.17, 15) is 27.3 Å². The van der Waals surface area contributed by atoms with Gasteiger partial charge in [-0.15, -0.1) is 0 Å². The fourth-order valence-electron chi connectivity index (χ4n) is 3.24. The Hall–Kier alpha value is -1.77. The molecule has 0 spiro atoms. The number of nitro benzene ring substituents is 1. The Bertz CT molecular complexity index is 760. The predicted molar refractivity (Wildman–Crippen MR) is 90.7 cm³/mol. The first-order valence-electron chi connectivity index (χ1n) is 8.00. The number of hydrogen-bond donors (Lipinski definition) is 0. The third kappa shape index (κ3) is 4.26. The minimum Gasteiger partial charge on any atom is -0.363 e. The first kappa shape index (κ1) is 19.6. The van der Waals surface area contributed by atoms with E-state index in [0.717, 1.165) is 31.4 Å². The van der Waals surface area contributed by atoms with E-state index in [1.807, 2.05) is 4.90 Å². The molecular weight excluding hydrogens is 354 g/mol. The van der Waals surface area contributed by atoms with Crippen molar-refractivity contribution >= 4 is 21.2 Å². The molecule has 6 nitrogen and oxygen atoms in total. The van der Waals surface area contributed by atoms with Gasteiger partial charge in [0.15, 0.2) is 0 Å². The Morgan fingerprint density at radius 2 is 2.00 bits per heavy atom. The molecule has 25 heavy (non-hydrogen) atoms. The van der Waals surface area contributed by atoms with Crippen molar-refractivity contribution in [2.24, 2.45) is 5.41 Å². The van der Waals surface area contributed by atoms with Gasteiger partial charge in [0.25, 0.3) is 5.69 Å². The van der Waals surface area contributed by atoms with Crippen LogP contribution in [-0.2, 0) is 9.84 Å². The number of halogens is 2. The summed E-state index contributed by atoms with van der Waals surface area (Å²) in [5.41, 5.74) is -0.145. The largest absolute Gasteiger partial charge is 0.363 e. The second-order valence-corrected chi connectivity index (χ2v) is 9.39. The lowest BCUT2D eigenvalue weighted by atomic mass is 9.87.